The second-order valence-electron chi connectivity index (χ2n) is 3.77. The van der Waals surface area contributed by atoms with Gasteiger partial charge in [0.2, 0.25) is 0 Å². The van der Waals surface area contributed by atoms with Gasteiger partial charge in [-0.05, 0) is 12.5 Å². The molecule has 3 heteroatoms. The molecule has 0 N–H and O–H groups in total. The van der Waals surface area contributed by atoms with E-state index < -0.39 is 0 Å². The van der Waals surface area contributed by atoms with Crippen LogP contribution in [0, 0.1) is 6.92 Å². The molecule has 0 radical (unpaired) electrons. The van der Waals surface area contributed by atoms with Crippen LogP contribution in [-0.4, -0.2) is 19.1 Å². The van der Waals surface area contributed by atoms with Crippen molar-refractivity contribution in [1.82, 2.24) is 4.98 Å². The number of benzene rings is 1. The van der Waals surface area contributed by atoms with E-state index in [0.29, 0.717) is 0 Å². The molecular weight excluding hydrogens is 204 g/mol. The van der Waals surface area contributed by atoms with Crippen LogP contribution in [0.15, 0.2) is 30.5 Å². The molecule has 0 amide bonds. The summed E-state index contributed by atoms with van der Waals surface area (Å²) >= 11 is 1.72. The summed E-state index contributed by atoms with van der Waals surface area (Å²) < 4.78 is 0. The lowest BCUT2D eigenvalue weighted by Crippen LogP contribution is -2.07. The maximum absolute atomic E-state index is 4.37. The van der Waals surface area contributed by atoms with E-state index in [1.54, 1.807) is 11.3 Å². The molecule has 0 fully saturated rings. The lowest BCUT2D eigenvalue weighted by molar-refractivity contribution is 1.11. The number of nitrogens with zero attached hydrogens (tertiary/aromatic N) is 2. The zero-order valence-electron chi connectivity index (χ0n) is 9.19. The van der Waals surface area contributed by atoms with Crippen molar-refractivity contribution >= 4 is 16.5 Å². The van der Waals surface area contributed by atoms with Crippen molar-refractivity contribution in [1.29, 1.82) is 0 Å². The van der Waals surface area contributed by atoms with Crippen LogP contribution in [0.4, 0.5) is 5.13 Å². The van der Waals surface area contributed by atoms with E-state index in [1.165, 1.54) is 16.0 Å². The van der Waals surface area contributed by atoms with Gasteiger partial charge in [0.15, 0.2) is 5.13 Å². The van der Waals surface area contributed by atoms with Crippen molar-refractivity contribution in [2.24, 2.45) is 0 Å². The van der Waals surface area contributed by atoms with Gasteiger partial charge in [-0.15, -0.1) is 0 Å². The number of aryl methyl sites for hydroxylation is 1. The fourth-order valence-electron chi connectivity index (χ4n) is 1.40. The molecule has 0 spiro atoms. The van der Waals surface area contributed by atoms with Gasteiger partial charge in [0.25, 0.3) is 0 Å². The van der Waals surface area contributed by atoms with Crippen LogP contribution in [0.3, 0.4) is 0 Å². The Morgan fingerprint density at radius 1 is 1.27 bits per heavy atom. The average molecular weight is 218 g/mol. The predicted molar refractivity (Wildman–Crippen MR) is 66.6 cm³/mol. The predicted octanol–water partition coefficient (Wildman–Crippen LogP) is 3.18. The monoisotopic (exact) mass is 218 g/mol. The highest BCUT2D eigenvalue weighted by molar-refractivity contribution is 7.18. The number of hydrogen-bond donors (Lipinski definition) is 0. The number of thiazole rings is 1. The summed E-state index contributed by atoms with van der Waals surface area (Å²) in [5, 5.41) is 1.05. The summed E-state index contributed by atoms with van der Waals surface area (Å²) in [7, 11) is 4.03. The summed E-state index contributed by atoms with van der Waals surface area (Å²) in [4.78, 5) is 7.62. The van der Waals surface area contributed by atoms with E-state index in [0.717, 1.165) is 5.13 Å². The van der Waals surface area contributed by atoms with E-state index in [4.69, 9.17) is 0 Å². The second-order valence-corrected chi connectivity index (χ2v) is 4.78. The first kappa shape index (κ1) is 10.2. The largest absolute Gasteiger partial charge is 0.354 e. The molecule has 0 aliphatic heterocycles. The van der Waals surface area contributed by atoms with Gasteiger partial charge in [-0.3, -0.25) is 0 Å². The molecule has 0 saturated heterocycles. The minimum absolute atomic E-state index is 1.05. The standard InChI is InChI=1S/C12H14N2S/c1-9-5-4-6-10(7-9)11-8-13-12(15-11)14(2)3/h4-8H,1-3H3. The summed E-state index contributed by atoms with van der Waals surface area (Å²) in [5.74, 6) is 0. The smallest absolute Gasteiger partial charge is 0.185 e. The van der Waals surface area contributed by atoms with Crippen LogP contribution in [0.1, 0.15) is 5.56 Å². The fourth-order valence-corrected chi connectivity index (χ4v) is 2.24. The molecule has 1 aromatic carbocycles. The summed E-state index contributed by atoms with van der Waals surface area (Å²) in [6.07, 6.45) is 1.94. The van der Waals surface area contributed by atoms with E-state index in [-0.39, 0.29) is 0 Å². The molecule has 0 aliphatic carbocycles. The molecule has 15 heavy (non-hydrogen) atoms. The highest BCUT2D eigenvalue weighted by Gasteiger charge is 2.05. The van der Waals surface area contributed by atoms with Gasteiger partial charge >= 0.3 is 0 Å². The van der Waals surface area contributed by atoms with Gasteiger partial charge in [-0.1, -0.05) is 41.2 Å². The van der Waals surface area contributed by atoms with Gasteiger partial charge in [0, 0.05) is 20.3 Å². The third-order valence-electron chi connectivity index (χ3n) is 2.18. The van der Waals surface area contributed by atoms with Gasteiger partial charge in [0.1, 0.15) is 0 Å². The third kappa shape index (κ3) is 2.18. The van der Waals surface area contributed by atoms with Gasteiger partial charge in [-0.2, -0.15) is 0 Å². The lowest BCUT2D eigenvalue weighted by atomic mass is 10.1. The first-order valence-corrected chi connectivity index (χ1v) is 5.68. The van der Waals surface area contributed by atoms with Crippen LogP contribution in [0.25, 0.3) is 10.4 Å². The highest BCUT2D eigenvalue weighted by Crippen LogP contribution is 2.30. The third-order valence-corrected chi connectivity index (χ3v) is 3.39. The molecule has 2 aromatic rings. The minimum Gasteiger partial charge on any atom is -0.354 e. The van der Waals surface area contributed by atoms with Crippen LogP contribution >= 0.6 is 11.3 Å². The molecule has 0 unspecified atom stereocenters. The molecule has 1 heterocycles. The summed E-state index contributed by atoms with van der Waals surface area (Å²) in [5.41, 5.74) is 2.54. The maximum Gasteiger partial charge on any atom is 0.185 e. The Morgan fingerprint density at radius 2 is 2.07 bits per heavy atom. The zero-order chi connectivity index (χ0) is 10.8. The Balaban J connectivity index is 2.37. The Morgan fingerprint density at radius 3 is 2.67 bits per heavy atom. The van der Waals surface area contributed by atoms with Gasteiger partial charge in [-0.25, -0.2) is 4.98 Å². The Bertz CT molecular complexity index is 460. The zero-order valence-corrected chi connectivity index (χ0v) is 10.0. The quantitative estimate of drug-likeness (QED) is 0.769. The number of rotatable bonds is 2. The van der Waals surface area contributed by atoms with Crippen molar-refractivity contribution in [3.63, 3.8) is 0 Å². The highest BCUT2D eigenvalue weighted by atomic mass is 32.1. The molecule has 78 valence electrons. The van der Waals surface area contributed by atoms with E-state index in [9.17, 15) is 0 Å². The topological polar surface area (TPSA) is 16.1 Å². The summed E-state index contributed by atoms with van der Waals surface area (Å²) in [6, 6.07) is 8.50. The Labute approximate surface area is 94.2 Å². The van der Waals surface area contributed by atoms with Gasteiger partial charge in [0.05, 0.1) is 4.88 Å². The molecular formula is C12H14N2S. The van der Waals surface area contributed by atoms with Crippen LogP contribution in [0.2, 0.25) is 0 Å². The van der Waals surface area contributed by atoms with Crippen molar-refractivity contribution < 1.29 is 0 Å². The SMILES string of the molecule is Cc1cccc(-c2cnc(N(C)C)s2)c1. The molecule has 0 atom stereocenters. The minimum atomic E-state index is 1.05. The van der Waals surface area contributed by atoms with E-state index in [2.05, 4.69) is 36.2 Å². The Kier molecular flexibility index (Phi) is 2.73. The molecule has 2 rings (SSSR count). The van der Waals surface area contributed by atoms with Crippen molar-refractivity contribution in [2.45, 2.75) is 6.92 Å². The molecule has 0 bridgehead atoms. The van der Waals surface area contributed by atoms with Crippen molar-refractivity contribution in [2.75, 3.05) is 19.0 Å². The number of hydrogen-bond acceptors (Lipinski definition) is 3. The van der Waals surface area contributed by atoms with E-state index >= 15 is 0 Å². The molecule has 1 aromatic heterocycles. The van der Waals surface area contributed by atoms with Crippen LogP contribution in [0.5, 0.6) is 0 Å². The molecule has 0 saturated carbocycles. The number of anilines is 1. The Hall–Kier alpha value is -1.35. The maximum atomic E-state index is 4.37. The van der Waals surface area contributed by atoms with Crippen molar-refractivity contribution in [3.8, 4) is 10.4 Å². The van der Waals surface area contributed by atoms with Crippen LogP contribution in [-0.2, 0) is 0 Å². The number of aromatic nitrogens is 1. The first-order valence-electron chi connectivity index (χ1n) is 4.87. The fraction of sp³-hybridized carbons (Fsp3) is 0.250. The normalized spacial score (nSPS) is 10.3. The second kappa shape index (κ2) is 4.03. The molecule has 0 aliphatic rings. The average Bonchev–Trinajstić information content (AvgIpc) is 2.66. The first-order chi connectivity index (χ1) is 7.16. The molecule has 2 nitrogen and oxygen atoms in total. The van der Waals surface area contributed by atoms with E-state index in [1.807, 2.05) is 25.2 Å². The van der Waals surface area contributed by atoms with Crippen molar-refractivity contribution in [3.05, 3.63) is 36.0 Å². The lowest BCUT2D eigenvalue weighted by Gasteiger charge is -2.05. The van der Waals surface area contributed by atoms with Crippen LogP contribution < -0.4 is 4.90 Å². The van der Waals surface area contributed by atoms with Gasteiger partial charge < -0.3 is 4.90 Å². The summed E-state index contributed by atoms with van der Waals surface area (Å²) in [6.45, 7) is 2.11.